The maximum atomic E-state index is 13.9. The van der Waals surface area contributed by atoms with Crippen molar-refractivity contribution in [2.24, 2.45) is 0 Å². The zero-order valence-electron chi connectivity index (χ0n) is 19.7. The molecule has 1 aliphatic rings. The number of β-amino-alcohol motifs (C(OH)–C–C–N with tert-alkyl or cyclic N) is 1. The van der Waals surface area contributed by atoms with E-state index in [1.807, 2.05) is 6.07 Å². The van der Waals surface area contributed by atoms with Gasteiger partial charge in [-0.3, -0.25) is 4.79 Å². The molecular formula is C29H31F2NO3. The molecule has 0 aromatic heterocycles. The van der Waals surface area contributed by atoms with Gasteiger partial charge in [-0.25, -0.2) is 8.78 Å². The van der Waals surface area contributed by atoms with Crippen LogP contribution >= 0.6 is 0 Å². The van der Waals surface area contributed by atoms with Crippen molar-refractivity contribution in [1.82, 2.24) is 4.90 Å². The average Bonchev–Trinajstić information content (AvgIpc) is 2.88. The van der Waals surface area contributed by atoms with Crippen molar-refractivity contribution >= 4 is 5.78 Å². The van der Waals surface area contributed by atoms with E-state index in [9.17, 15) is 18.7 Å². The number of likely N-dealkylation sites (tertiary alicyclic amines) is 1. The molecule has 184 valence electrons. The van der Waals surface area contributed by atoms with Crippen LogP contribution in [0.4, 0.5) is 8.78 Å². The van der Waals surface area contributed by atoms with Crippen molar-refractivity contribution in [1.29, 1.82) is 0 Å². The number of halogens is 2. The van der Waals surface area contributed by atoms with Crippen molar-refractivity contribution in [2.75, 3.05) is 26.2 Å². The first kappa shape index (κ1) is 25.0. The predicted octanol–water partition coefficient (Wildman–Crippen LogP) is 5.40. The predicted molar refractivity (Wildman–Crippen MR) is 132 cm³/mol. The van der Waals surface area contributed by atoms with Crippen molar-refractivity contribution in [3.63, 3.8) is 0 Å². The van der Waals surface area contributed by atoms with Crippen LogP contribution in [0.2, 0.25) is 0 Å². The number of rotatable bonds is 10. The number of benzene rings is 3. The highest BCUT2D eigenvalue weighted by molar-refractivity contribution is 5.98. The summed E-state index contributed by atoms with van der Waals surface area (Å²) in [6.45, 7) is 2.31. The fourth-order valence-corrected chi connectivity index (χ4v) is 4.60. The molecule has 1 unspecified atom stereocenters. The summed E-state index contributed by atoms with van der Waals surface area (Å²) in [6.07, 6.45) is 1.92. The summed E-state index contributed by atoms with van der Waals surface area (Å²) in [6, 6.07) is 20.3. The van der Waals surface area contributed by atoms with E-state index in [1.54, 1.807) is 12.1 Å². The zero-order valence-corrected chi connectivity index (χ0v) is 19.7. The highest BCUT2D eigenvalue weighted by Gasteiger charge is 2.23. The van der Waals surface area contributed by atoms with Crippen LogP contribution in [0.5, 0.6) is 5.75 Å². The first-order valence-corrected chi connectivity index (χ1v) is 12.1. The van der Waals surface area contributed by atoms with Gasteiger partial charge in [-0.15, -0.1) is 0 Å². The largest absolute Gasteiger partial charge is 0.490 e. The molecule has 0 amide bonds. The third-order valence-corrected chi connectivity index (χ3v) is 6.55. The zero-order chi connectivity index (χ0) is 24.6. The number of hydrogen-bond donors (Lipinski definition) is 1. The van der Waals surface area contributed by atoms with Crippen LogP contribution in [0.25, 0.3) is 0 Å². The Morgan fingerprint density at radius 1 is 0.971 bits per heavy atom. The molecule has 0 bridgehead atoms. The lowest BCUT2D eigenvalue weighted by Gasteiger charge is -2.33. The number of aliphatic hydroxyl groups is 1. The molecule has 1 N–H and O–H groups in total. The number of ketones is 1. The molecule has 4 nitrogen and oxygen atoms in total. The standard InChI is InChI=1S/C29H31F2NO3/c30-24-9-6-21(7-10-24)8-12-28(34)27-18-25(31)11-13-29(27)35-20-26(33)19-32-16-14-23(15-17-32)22-4-2-1-3-5-22/h1-7,9-11,13,18,23,26,33H,8,12,14-17,19-20H2. The van der Waals surface area contributed by atoms with Gasteiger partial charge in [0.2, 0.25) is 0 Å². The molecular weight excluding hydrogens is 448 g/mol. The molecule has 6 heteroatoms. The van der Waals surface area contributed by atoms with Crippen LogP contribution in [0.1, 0.15) is 46.7 Å². The number of carbonyl (C=O) groups is 1. The van der Waals surface area contributed by atoms with Crippen LogP contribution in [0, 0.1) is 11.6 Å². The number of aryl methyl sites for hydroxylation is 1. The lowest BCUT2D eigenvalue weighted by atomic mass is 9.89. The summed E-state index contributed by atoms with van der Waals surface area (Å²) >= 11 is 0. The Labute approximate surface area is 205 Å². The Bertz CT molecular complexity index is 1100. The van der Waals surface area contributed by atoms with Gasteiger partial charge in [-0.05, 0) is 79.7 Å². The monoisotopic (exact) mass is 479 g/mol. The summed E-state index contributed by atoms with van der Waals surface area (Å²) in [4.78, 5) is 15.0. The fraction of sp³-hybridized carbons (Fsp3) is 0.345. The minimum atomic E-state index is -0.726. The SMILES string of the molecule is O=C(CCc1ccc(F)cc1)c1cc(F)ccc1OCC(O)CN1CCC(c2ccccc2)CC1. The number of Topliss-reactive ketones (excluding diaryl/α,β-unsaturated/α-hetero) is 1. The summed E-state index contributed by atoms with van der Waals surface area (Å²) in [5.74, 6) is -0.313. The number of ether oxygens (including phenoxy) is 1. The van der Waals surface area contributed by atoms with E-state index < -0.39 is 11.9 Å². The van der Waals surface area contributed by atoms with E-state index in [4.69, 9.17) is 4.74 Å². The van der Waals surface area contributed by atoms with E-state index in [2.05, 4.69) is 29.2 Å². The van der Waals surface area contributed by atoms with Gasteiger partial charge in [-0.1, -0.05) is 42.5 Å². The van der Waals surface area contributed by atoms with Crippen LogP contribution in [0.15, 0.2) is 72.8 Å². The van der Waals surface area contributed by atoms with E-state index >= 15 is 0 Å². The molecule has 1 aliphatic heterocycles. The summed E-state index contributed by atoms with van der Waals surface area (Å²) in [5.41, 5.74) is 2.34. The number of carbonyl (C=O) groups excluding carboxylic acids is 1. The normalized spacial score (nSPS) is 15.6. The molecule has 0 spiro atoms. The Balaban J connectivity index is 1.27. The van der Waals surface area contributed by atoms with Gasteiger partial charge in [0.25, 0.3) is 0 Å². The molecule has 4 rings (SSSR count). The molecule has 1 atom stereocenters. The van der Waals surface area contributed by atoms with Crippen molar-refractivity contribution in [3.8, 4) is 5.75 Å². The van der Waals surface area contributed by atoms with Crippen molar-refractivity contribution < 1.29 is 23.4 Å². The fourth-order valence-electron chi connectivity index (χ4n) is 4.60. The van der Waals surface area contributed by atoms with Gasteiger partial charge < -0.3 is 14.7 Å². The topological polar surface area (TPSA) is 49.8 Å². The summed E-state index contributed by atoms with van der Waals surface area (Å²) in [7, 11) is 0. The van der Waals surface area contributed by atoms with Gasteiger partial charge in [0.05, 0.1) is 5.56 Å². The number of hydrogen-bond acceptors (Lipinski definition) is 4. The number of piperidine rings is 1. The number of aliphatic hydroxyl groups excluding tert-OH is 1. The maximum Gasteiger partial charge on any atom is 0.167 e. The minimum absolute atomic E-state index is 0.0164. The van der Waals surface area contributed by atoms with Crippen LogP contribution in [0.3, 0.4) is 0 Å². The molecule has 0 aliphatic carbocycles. The first-order valence-electron chi connectivity index (χ1n) is 12.1. The van der Waals surface area contributed by atoms with Gasteiger partial charge in [0.15, 0.2) is 5.78 Å². The van der Waals surface area contributed by atoms with Gasteiger partial charge >= 0.3 is 0 Å². The lowest BCUT2D eigenvalue weighted by Crippen LogP contribution is -2.40. The average molecular weight is 480 g/mol. The molecule has 0 saturated carbocycles. The lowest BCUT2D eigenvalue weighted by molar-refractivity contribution is 0.0588. The Morgan fingerprint density at radius 3 is 2.37 bits per heavy atom. The van der Waals surface area contributed by atoms with Crippen molar-refractivity contribution in [3.05, 3.63) is 101 Å². The molecule has 1 saturated heterocycles. The van der Waals surface area contributed by atoms with Gasteiger partial charge in [-0.2, -0.15) is 0 Å². The Morgan fingerprint density at radius 2 is 1.66 bits per heavy atom. The summed E-state index contributed by atoms with van der Waals surface area (Å²) < 4.78 is 32.7. The van der Waals surface area contributed by atoms with Crippen LogP contribution in [-0.2, 0) is 6.42 Å². The molecule has 35 heavy (non-hydrogen) atoms. The molecule has 3 aromatic carbocycles. The summed E-state index contributed by atoms with van der Waals surface area (Å²) in [5, 5.41) is 10.5. The van der Waals surface area contributed by atoms with Crippen LogP contribution in [-0.4, -0.2) is 48.1 Å². The van der Waals surface area contributed by atoms with Crippen molar-refractivity contribution in [2.45, 2.75) is 37.7 Å². The molecule has 1 heterocycles. The van der Waals surface area contributed by atoms with E-state index in [0.29, 0.717) is 18.9 Å². The second kappa shape index (κ2) is 12.0. The minimum Gasteiger partial charge on any atom is -0.490 e. The molecule has 1 fully saturated rings. The molecule has 0 radical (unpaired) electrons. The van der Waals surface area contributed by atoms with Gasteiger partial charge in [0.1, 0.15) is 30.1 Å². The van der Waals surface area contributed by atoms with E-state index in [0.717, 1.165) is 31.5 Å². The molecule has 3 aromatic rings. The Hall–Kier alpha value is -3.09. The number of nitrogens with zero attached hydrogens (tertiary/aromatic N) is 1. The Kier molecular flexibility index (Phi) is 8.61. The highest BCUT2D eigenvalue weighted by Crippen LogP contribution is 2.28. The van der Waals surface area contributed by atoms with E-state index in [-0.39, 0.29) is 35.9 Å². The highest BCUT2D eigenvalue weighted by atomic mass is 19.1. The first-order chi connectivity index (χ1) is 17.0. The third-order valence-electron chi connectivity index (χ3n) is 6.55. The van der Waals surface area contributed by atoms with E-state index in [1.165, 1.54) is 35.9 Å². The smallest absolute Gasteiger partial charge is 0.167 e. The van der Waals surface area contributed by atoms with Crippen LogP contribution < -0.4 is 4.74 Å². The maximum absolute atomic E-state index is 13.9. The third kappa shape index (κ3) is 7.20. The second-order valence-electron chi connectivity index (χ2n) is 9.14. The quantitative estimate of drug-likeness (QED) is 0.396. The van der Waals surface area contributed by atoms with Gasteiger partial charge in [0, 0.05) is 13.0 Å². The second-order valence-corrected chi connectivity index (χ2v) is 9.14.